The summed E-state index contributed by atoms with van der Waals surface area (Å²) in [6.45, 7) is 4.13. The molecule has 0 aliphatic carbocycles. The summed E-state index contributed by atoms with van der Waals surface area (Å²) in [6.07, 6.45) is 8.05. The number of rotatable bonds is 14. The lowest BCUT2D eigenvalue weighted by atomic mass is 10.0. The molecule has 0 amide bonds. The zero-order chi connectivity index (χ0) is 30.9. The van der Waals surface area contributed by atoms with Crippen molar-refractivity contribution in [2.45, 2.75) is 39.7 Å². The molecule has 4 rings (SSSR count). The number of benzene rings is 3. The van der Waals surface area contributed by atoms with Gasteiger partial charge in [0, 0.05) is 22.5 Å². The molecule has 0 aliphatic heterocycles. The van der Waals surface area contributed by atoms with E-state index < -0.39 is 17.8 Å². The first-order chi connectivity index (χ1) is 20.6. The van der Waals surface area contributed by atoms with Gasteiger partial charge in [-0.3, -0.25) is 9.59 Å². The summed E-state index contributed by atoms with van der Waals surface area (Å²) in [5.74, 6) is -0.976. The summed E-state index contributed by atoms with van der Waals surface area (Å²) in [6, 6.07) is 15.9. The number of carboxylic acids is 2. The van der Waals surface area contributed by atoms with Gasteiger partial charge >= 0.3 is 11.9 Å². The van der Waals surface area contributed by atoms with Crippen molar-refractivity contribution < 1.29 is 33.7 Å². The van der Waals surface area contributed by atoms with E-state index in [0.29, 0.717) is 64.6 Å². The monoisotopic (exact) mass is 605 g/mol. The molecule has 1 aromatic heterocycles. The van der Waals surface area contributed by atoms with Gasteiger partial charge in [-0.2, -0.15) is 0 Å². The Labute approximate surface area is 254 Å². The molecule has 43 heavy (non-hydrogen) atoms. The lowest BCUT2D eigenvalue weighted by Crippen LogP contribution is -2.10. The fourth-order valence-electron chi connectivity index (χ4n) is 4.92. The van der Waals surface area contributed by atoms with Crippen molar-refractivity contribution in [3.63, 3.8) is 0 Å². The number of carboxylic acid groups (broad SMARTS) is 2. The average Bonchev–Trinajstić information content (AvgIpc) is 3.23. The molecule has 0 atom stereocenters. The molecule has 0 aliphatic rings. The molecule has 0 radical (unpaired) electrons. The molecule has 4 aromatic rings. The third-order valence-electron chi connectivity index (χ3n) is 7.00. The Balaban J connectivity index is 1.43. The number of carbonyl (C=O) groups is 2. The highest BCUT2D eigenvalue weighted by atomic mass is 35.5. The molecule has 7 nitrogen and oxygen atoms in total. The Morgan fingerprint density at radius 2 is 1.65 bits per heavy atom. The van der Waals surface area contributed by atoms with Gasteiger partial charge < -0.3 is 24.3 Å². The molecule has 0 saturated heterocycles. The van der Waals surface area contributed by atoms with E-state index in [2.05, 4.69) is 0 Å². The second kappa shape index (κ2) is 14.6. The van der Waals surface area contributed by atoms with Crippen LogP contribution >= 0.6 is 11.6 Å². The van der Waals surface area contributed by atoms with Crippen molar-refractivity contribution in [3.05, 3.63) is 106 Å². The smallest absolute Gasteiger partial charge is 0.323 e. The van der Waals surface area contributed by atoms with Crippen LogP contribution in [0.25, 0.3) is 23.1 Å². The van der Waals surface area contributed by atoms with Gasteiger partial charge in [0.25, 0.3) is 0 Å². The highest BCUT2D eigenvalue weighted by Crippen LogP contribution is 2.33. The van der Waals surface area contributed by atoms with Gasteiger partial charge in [0.2, 0.25) is 0 Å². The molecule has 9 heteroatoms. The highest BCUT2D eigenvalue weighted by molar-refractivity contribution is 6.30. The van der Waals surface area contributed by atoms with Gasteiger partial charge in [0.05, 0.1) is 5.52 Å². The standard InChI is InChI=1S/C34H33ClFNO6/c1-22-20-26(35)13-17-30(22)43-19-4-3-18-42-27-14-9-24(10-15-27)8-11-25-12-16-29(36)33-28(6-5-7-31(38)39)23(2)37(34(25)33)21-32(40)41/h3-4,8-17,20H,5-7,18-19,21H2,1-2H3,(H,38,39)(H,40,41)/b4-3+,11-8?. The predicted molar refractivity (Wildman–Crippen MR) is 167 cm³/mol. The van der Waals surface area contributed by atoms with E-state index in [1.165, 1.54) is 6.07 Å². The summed E-state index contributed by atoms with van der Waals surface area (Å²) < 4.78 is 28.2. The van der Waals surface area contributed by atoms with Crippen LogP contribution in [0.15, 0.2) is 66.7 Å². The van der Waals surface area contributed by atoms with Crippen molar-refractivity contribution in [2.75, 3.05) is 13.2 Å². The van der Waals surface area contributed by atoms with Gasteiger partial charge in [0.1, 0.15) is 37.1 Å². The molecule has 2 N–H and O–H groups in total. The number of nitrogens with zero attached hydrogens (tertiary/aromatic N) is 1. The quantitative estimate of drug-likeness (QED) is 0.113. The third kappa shape index (κ3) is 8.26. The van der Waals surface area contributed by atoms with Crippen LogP contribution in [0.1, 0.15) is 40.8 Å². The maximum Gasteiger partial charge on any atom is 0.323 e. The van der Waals surface area contributed by atoms with E-state index >= 15 is 4.39 Å². The van der Waals surface area contributed by atoms with E-state index in [-0.39, 0.29) is 13.0 Å². The van der Waals surface area contributed by atoms with E-state index in [1.54, 1.807) is 23.6 Å². The minimum atomic E-state index is -1.05. The summed E-state index contributed by atoms with van der Waals surface area (Å²) in [4.78, 5) is 22.7. The Bertz CT molecular complexity index is 1670. The van der Waals surface area contributed by atoms with Gasteiger partial charge in [-0.05, 0) is 104 Å². The number of halogens is 2. The lowest BCUT2D eigenvalue weighted by Gasteiger charge is -2.08. The fraction of sp³-hybridized carbons (Fsp3) is 0.235. The van der Waals surface area contributed by atoms with Crippen LogP contribution in [0, 0.1) is 19.7 Å². The predicted octanol–water partition coefficient (Wildman–Crippen LogP) is 7.73. The average molecular weight is 606 g/mol. The molecule has 0 fully saturated rings. The minimum absolute atomic E-state index is 0.0548. The van der Waals surface area contributed by atoms with Crippen molar-refractivity contribution >= 4 is 46.6 Å². The first-order valence-electron chi connectivity index (χ1n) is 13.8. The normalized spacial score (nSPS) is 11.5. The summed E-state index contributed by atoms with van der Waals surface area (Å²) in [7, 11) is 0. The summed E-state index contributed by atoms with van der Waals surface area (Å²) >= 11 is 5.97. The van der Waals surface area contributed by atoms with Gasteiger partial charge in [0.15, 0.2) is 0 Å². The first-order valence-corrected chi connectivity index (χ1v) is 14.2. The number of ether oxygens (including phenoxy) is 2. The lowest BCUT2D eigenvalue weighted by molar-refractivity contribution is -0.138. The number of hydrogen-bond donors (Lipinski definition) is 2. The fourth-order valence-corrected chi connectivity index (χ4v) is 5.14. The first kappa shape index (κ1) is 31.4. The van der Waals surface area contributed by atoms with Gasteiger partial charge in [-0.25, -0.2) is 4.39 Å². The molecular formula is C34H33ClFNO6. The second-order valence-electron chi connectivity index (χ2n) is 10.1. The SMILES string of the molecule is Cc1cc(Cl)ccc1OC/C=C/COc1ccc(C=Cc2ccc(F)c3c(CCCC(=O)O)c(C)n(CC(=O)O)c23)cc1. The number of hydrogen-bond acceptors (Lipinski definition) is 4. The Morgan fingerprint density at radius 3 is 2.33 bits per heavy atom. The Hall–Kier alpha value is -4.56. The summed E-state index contributed by atoms with van der Waals surface area (Å²) in [5.41, 5.74) is 4.23. The summed E-state index contributed by atoms with van der Waals surface area (Å²) in [5, 5.41) is 19.6. The Kier molecular flexibility index (Phi) is 10.6. The zero-order valence-electron chi connectivity index (χ0n) is 24.0. The van der Waals surface area contributed by atoms with E-state index in [1.807, 2.05) is 67.6 Å². The number of aromatic nitrogens is 1. The van der Waals surface area contributed by atoms with Crippen molar-refractivity contribution in [3.8, 4) is 11.5 Å². The molecule has 0 saturated carbocycles. The number of fused-ring (bicyclic) bond motifs is 1. The minimum Gasteiger partial charge on any atom is -0.490 e. The van der Waals surface area contributed by atoms with E-state index in [4.69, 9.17) is 26.2 Å². The maximum atomic E-state index is 15.1. The number of aliphatic carboxylic acids is 2. The maximum absolute atomic E-state index is 15.1. The third-order valence-corrected chi connectivity index (χ3v) is 7.24. The van der Waals surface area contributed by atoms with E-state index in [9.17, 15) is 14.7 Å². The Morgan fingerprint density at radius 1 is 0.930 bits per heavy atom. The van der Waals surface area contributed by atoms with Crippen LogP contribution in [0.4, 0.5) is 4.39 Å². The molecule has 0 bridgehead atoms. The molecular weight excluding hydrogens is 573 g/mol. The molecule has 1 heterocycles. The van der Waals surface area contributed by atoms with Crippen LogP contribution in [0.5, 0.6) is 11.5 Å². The van der Waals surface area contributed by atoms with Crippen LogP contribution in [0.3, 0.4) is 0 Å². The van der Waals surface area contributed by atoms with Crippen LogP contribution in [-0.4, -0.2) is 39.9 Å². The second-order valence-corrected chi connectivity index (χ2v) is 10.5. The molecule has 224 valence electrons. The zero-order valence-corrected chi connectivity index (χ0v) is 24.7. The van der Waals surface area contributed by atoms with Crippen LogP contribution in [-0.2, 0) is 22.6 Å². The van der Waals surface area contributed by atoms with Crippen molar-refractivity contribution in [2.24, 2.45) is 0 Å². The van der Waals surface area contributed by atoms with Crippen LogP contribution < -0.4 is 9.47 Å². The largest absolute Gasteiger partial charge is 0.490 e. The van der Waals surface area contributed by atoms with Crippen molar-refractivity contribution in [1.82, 2.24) is 4.57 Å². The van der Waals surface area contributed by atoms with Crippen LogP contribution in [0.2, 0.25) is 5.02 Å². The van der Waals surface area contributed by atoms with Gasteiger partial charge in [-0.1, -0.05) is 35.9 Å². The van der Waals surface area contributed by atoms with Gasteiger partial charge in [-0.15, -0.1) is 0 Å². The topological polar surface area (TPSA) is 98.0 Å². The number of aryl methyl sites for hydroxylation is 2. The molecule has 0 spiro atoms. The molecule has 3 aromatic carbocycles. The highest BCUT2D eigenvalue weighted by Gasteiger charge is 2.21. The van der Waals surface area contributed by atoms with E-state index in [0.717, 1.165) is 16.9 Å². The van der Waals surface area contributed by atoms with Crippen molar-refractivity contribution in [1.29, 1.82) is 0 Å². The molecule has 0 unspecified atom stereocenters.